The van der Waals surface area contributed by atoms with E-state index in [4.69, 9.17) is 16.0 Å². The number of oxazole rings is 1. The number of aromatic nitrogens is 1. The van der Waals surface area contributed by atoms with Crippen molar-refractivity contribution in [3.63, 3.8) is 0 Å². The van der Waals surface area contributed by atoms with Crippen LogP contribution in [-0.2, 0) is 6.42 Å². The van der Waals surface area contributed by atoms with Gasteiger partial charge < -0.3 is 4.42 Å². The molecule has 0 amide bonds. The molecule has 0 spiro atoms. The summed E-state index contributed by atoms with van der Waals surface area (Å²) in [6.07, 6.45) is 3.90. The van der Waals surface area contributed by atoms with Crippen molar-refractivity contribution in [1.82, 2.24) is 4.98 Å². The maximum absolute atomic E-state index is 5.83. The summed E-state index contributed by atoms with van der Waals surface area (Å²) in [5, 5.41) is 0.740. The maximum Gasteiger partial charge on any atom is 0.198 e. The third-order valence-corrected chi connectivity index (χ3v) is 1.96. The average Bonchev–Trinajstić information content (AvgIpc) is 2.57. The molecule has 0 aliphatic carbocycles. The molecule has 0 unspecified atom stereocenters. The fourth-order valence-corrected chi connectivity index (χ4v) is 1.37. The van der Waals surface area contributed by atoms with Gasteiger partial charge in [0.15, 0.2) is 5.89 Å². The lowest BCUT2D eigenvalue weighted by Crippen LogP contribution is -1.86. The van der Waals surface area contributed by atoms with E-state index >= 15 is 0 Å². The van der Waals surface area contributed by atoms with Gasteiger partial charge in [-0.15, -0.1) is 0 Å². The maximum atomic E-state index is 5.83. The third-order valence-electron chi connectivity index (χ3n) is 1.73. The zero-order valence-corrected chi connectivity index (χ0v) is 7.66. The Balaban J connectivity index is 2.19. The van der Waals surface area contributed by atoms with Crippen LogP contribution < -0.4 is 0 Å². The van der Waals surface area contributed by atoms with Crippen molar-refractivity contribution in [2.45, 2.75) is 6.42 Å². The van der Waals surface area contributed by atoms with Crippen LogP contribution in [0, 0.1) is 0 Å². The molecule has 2 rings (SSSR count). The van der Waals surface area contributed by atoms with Gasteiger partial charge in [-0.25, -0.2) is 4.98 Å². The molecule has 0 saturated heterocycles. The van der Waals surface area contributed by atoms with Crippen LogP contribution >= 0.6 is 11.6 Å². The molecule has 13 heavy (non-hydrogen) atoms. The van der Waals surface area contributed by atoms with Gasteiger partial charge in [-0.3, -0.25) is 0 Å². The number of nitrogens with zero attached hydrogens (tertiary/aromatic N) is 1. The molecule has 2 nitrogen and oxygen atoms in total. The summed E-state index contributed by atoms with van der Waals surface area (Å²) in [7, 11) is 0. The highest BCUT2D eigenvalue weighted by Crippen LogP contribution is 2.13. The van der Waals surface area contributed by atoms with Gasteiger partial charge in [0, 0.05) is 11.4 Å². The standard InChI is InChI=1S/C10H8ClNO/c11-9-3-1-2-8(6-9)7-10-12-4-5-13-10/h1-6H,7H2. The molecular formula is C10H8ClNO. The molecule has 0 saturated carbocycles. The molecule has 0 aliphatic heterocycles. The molecule has 1 aromatic heterocycles. The summed E-state index contributed by atoms with van der Waals surface area (Å²) >= 11 is 5.83. The van der Waals surface area contributed by atoms with Crippen LogP contribution in [0.2, 0.25) is 5.02 Å². The first-order chi connectivity index (χ1) is 6.34. The summed E-state index contributed by atoms with van der Waals surface area (Å²) in [5.41, 5.74) is 1.11. The molecular weight excluding hydrogens is 186 g/mol. The Morgan fingerprint density at radius 2 is 2.31 bits per heavy atom. The first-order valence-corrected chi connectivity index (χ1v) is 4.35. The summed E-state index contributed by atoms with van der Waals surface area (Å²) in [6, 6.07) is 7.67. The molecule has 0 bridgehead atoms. The van der Waals surface area contributed by atoms with Crippen LogP contribution in [0.3, 0.4) is 0 Å². The number of hydrogen-bond acceptors (Lipinski definition) is 2. The van der Waals surface area contributed by atoms with E-state index in [9.17, 15) is 0 Å². The second-order valence-corrected chi connectivity index (χ2v) is 3.17. The normalized spacial score (nSPS) is 10.2. The molecule has 2 aromatic rings. The van der Waals surface area contributed by atoms with Gasteiger partial charge in [-0.05, 0) is 17.7 Å². The van der Waals surface area contributed by atoms with Crippen LogP contribution in [0.5, 0.6) is 0 Å². The second-order valence-electron chi connectivity index (χ2n) is 2.73. The van der Waals surface area contributed by atoms with Gasteiger partial charge in [0.2, 0.25) is 0 Å². The van der Waals surface area contributed by atoms with E-state index in [2.05, 4.69) is 4.98 Å². The van der Waals surface area contributed by atoms with E-state index in [0.717, 1.165) is 10.6 Å². The molecule has 0 fully saturated rings. The average molecular weight is 194 g/mol. The SMILES string of the molecule is Clc1cccc(Cc2ncco2)c1. The number of hydrogen-bond donors (Lipinski definition) is 0. The first kappa shape index (κ1) is 8.32. The van der Waals surface area contributed by atoms with Crippen LogP contribution in [0.15, 0.2) is 41.1 Å². The summed E-state index contributed by atoms with van der Waals surface area (Å²) in [6.45, 7) is 0. The molecule has 66 valence electrons. The van der Waals surface area contributed by atoms with E-state index in [0.29, 0.717) is 12.3 Å². The Hall–Kier alpha value is -1.28. The smallest absolute Gasteiger partial charge is 0.198 e. The Morgan fingerprint density at radius 3 is 3.00 bits per heavy atom. The van der Waals surface area contributed by atoms with Gasteiger partial charge in [-0.2, -0.15) is 0 Å². The lowest BCUT2D eigenvalue weighted by Gasteiger charge is -1.97. The fourth-order valence-electron chi connectivity index (χ4n) is 1.16. The van der Waals surface area contributed by atoms with Gasteiger partial charge in [0.05, 0.1) is 6.20 Å². The minimum atomic E-state index is 0.688. The summed E-state index contributed by atoms with van der Waals surface area (Å²) in [5.74, 6) is 0.710. The van der Waals surface area contributed by atoms with Crippen molar-refractivity contribution in [3.8, 4) is 0 Å². The van der Waals surface area contributed by atoms with Crippen LogP contribution in [0.4, 0.5) is 0 Å². The predicted octanol–water partition coefficient (Wildman–Crippen LogP) is 2.92. The van der Waals surface area contributed by atoms with Gasteiger partial charge in [-0.1, -0.05) is 23.7 Å². The first-order valence-electron chi connectivity index (χ1n) is 3.97. The van der Waals surface area contributed by atoms with Crippen molar-refractivity contribution < 1.29 is 4.42 Å². The molecule has 1 heterocycles. The van der Waals surface area contributed by atoms with E-state index in [1.54, 1.807) is 12.5 Å². The quantitative estimate of drug-likeness (QED) is 0.733. The highest BCUT2D eigenvalue weighted by Gasteiger charge is 1.99. The number of halogens is 1. The van der Waals surface area contributed by atoms with Gasteiger partial charge in [0.25, 0.3) is 0 Å². The van der Waals surface area contributed by atoms with Crippen molar-refractivity contribution >= 4 is 11.6 Å². The lowest BCUT2D eigenvalue weighted by atomic mass is 10.1. The van der Waals surface area contributed by atoms with E-state index < -0.39 is 0 Å². The molecule has 0 aliphatic rings. The summed E-state index contributed by atoms with van der Waals surface area (Å²) < 4.78 is 5.12. The molecule has 0 N–H and O–H groups in total. The van der Waals surface area contributed by atoms with Crippen molar-refractivity contribution in [1.29, 1.82) is 0 Å². The van der Waals surface area contributed by atoms with Crippen molar-refractivity contribution in [2.75, 3.05) is 0 Å². The van der Waals surface area contributed by atoms with Gasteiger partial charge in [0.1, 0.15) is 6.26 Å². The Labute approximate surface area is 81.2 Å². The molecule has 1 aromatic carbocycles. The molecule has 0 atom stereocenters. The van der Waals surface area contributed by atoms with E-state index in [1.807, 2.05) is 24.3 Å². The lowest BCUT2D eigenvalue weighted by molar-refractivity contribution is 0.507. The van der Waals surface area contributed by atoms with Crippen molar-refractivity contribution in [2.24, 2.45) is 0 Å². The third kappa shape index (κ3) is 2.10. The van der Waals surface area contributed by atoms with Gasteiger partial charge >= 0.3 is 0 Å². The van der Waals surface area contributed by atoms with E-state index in [1.165, 1.54) is 0 Å². The largest absolute Gasteiger partial charge is 0.449 e. The monoisotopic (exact) mass is 193 g/mol. The predicted molar refractivity (Wildman–Crippen MR) is 50.8 cm³/mol. The molecule has 3 heteroatoms. The van der Waals surface area contributed by atoms with E-state index in [-0.39, 0.29) is 0 Å². The number of benzene rings is 1. The minimum absolute atomic E-state index is 0.688. The van der Waals surface area contributed by atoms with Crippen molar-refractivity contribution in [3.05, 3.63) is 53.2 Å². The minimum Gasteiger partial charge on any atom is -0.449 e. The Bertz CT molecular complexity index is 384. The Kier molecular flexibility index (Phi) is 2.32. The molecule has 0 radical (unpaired) electrons. The highest BCUT2D eigenvalue weighted by atomic mass is 35.5. The zero-order chi connectivity index (χ0) is 9.10. The van der Waals surface area contributed by atoms with Crippen LogP contribution in [0.25, 0.3) is 0 Å². The Morgan fingerprint density at radius 1 is 1.38 bits per heavy atom. The number of rotatable bonds is 2. The summed E-state index contributed by atoms with van der Waals surface area (Å²) in [4.78, 5) is 4.03. The second kappa shape index (κ2) is 3.62. The van der Waals surface area contributed by atoms with Crippen LogP contribution in [-0.4, -0.2) is 4.98 Å². The fraction of sp³-hybridized carbons (Fsp3) is 0.100. The topological polar surface area (TPSA) is 26.0 Å². The highest BCUT2D eigenvalue weighted by molar-refractivity contribution is 6.30. The zero-order valence-electron chi connectivity index (χ0n) is 6.90. The van der Waals surface area contributed by atoms with Crippen LogP contribution in [0.1, 0.15) is 11.5 Å².